The van der Waals surface area contributed by atoms with Crippen molar-refractivity contribution in [3.8, 4) is 0 Å². The molecule has 0 spiro atoms. The van der Waals surface area contributed by atoms with E-state index < -0.39 is 13.7 Å². The van der Waals surface area contributed by atoms with Gasteiger partial charge in [-0.25, -0.2) is 4.79 Å². The Labute approximate surface area is 137 Å². The molecular weight excluding hydrogens is 290 g/mol. The van der Waals surface area contributed by atoms with Crippen molar-refractivity contribution in [1.29, 1.82) is 0 Å². The lowest BCUT2D eigenvalue weighted by Crippen LogP contribution is -2.46. The zero-order valence-electron chi connectivity index (χ0n) is 15.7. The highest BCUT2D eigenvalue weighted by atomic mass is 28.3. The van der Waals surface area contributed by atoms with Crippen molar-refractivity contribution in [3.63, 3.8) is 0 Å². The highest BCUT2D eigenvalue weighted by Crippen LogP contribution is 2.20. The van der Waals surface area contributed by atoms with Gasteiger partial charge in [0.15, 0.2) is 0 Å². The van der Waals surface area contributed by atoms with Crippen molar-refractivity contribution < 1.29 is 9.53 Å². The number of ether oxygens (including phenoxy) is 1. The van der Waals surface area contributed by atoms with Gasteiger partial charge in [0.05, 0.1) is 8.07 Å². The van der Waals surface area contributed by atoms with Gasteiger partial charge in [0.1, 0.15) is 5.60 Å². The first-order valence-corrected chi connectivity index (χ1v) is 12.0. The van der Waals surface area contributed by atoms with E-state index in [0.717, 1.165) is 31.4 Å². The Morgan fingerprint density at radius 1 is 1.14 bits per heavy atom. The number of nitrogens with zero attached hydrogens (tertiary/aromatic N) is 1. The lowest BCUT2D eigenvalue weighted by Gasteiger charge is -2.25. The standard InChI is InChI=1S/C18H33NO2Si/c1-9-11-14-13-16(22(6,7)8)19(15(14)12-10-2)17(20)21-18(3,4)5/h13H,9-12H2,1-8H3. The molecule has 0 aliphatic carbocycles. The molecule has 0 aliphatic rings. The molecule has 4 heteroatoms. The second-order valence-corrected chi connectivity index (χ2v) is 13.1. The fraction of sp³-hybridized carbons (Fsp3) is 0.722. The molecule has 0 radical (unpaired) electrons. The Bertz CT molecular complexity index is 518. The highest BCUT2D eigenvalue weighted by Gasteiger charge is 2.30. The number of hydrogen-bond acceptors (Lipinski definition) is 2. The number of carbonyl (C=O) groups excluding carboxylic acids is 1. The smallest absolute Gasteiger partial charge is 0.418 e. The summed E-state index contributed by atoms with van der Waals surface area (Å²) in [6.45, 7) is 17.0. The molecule has 0 saturated heterocycles. The zero-order valence-corrected chi connectivity index (χ0v) is 16.7. The molecule has 0 saturated carbocycles. The summed E-state index contributed by atoms with van der Waals surface area (Å²) in [4.78, 5) is 12.8. The van der Waals surface area contributed by atoms with Crippen LogP contribution in [-0.2, 0) is 17.6 Å². The van der Waals surface area contributed by atoms with E-state index in [1.54, 1.807) is 0 Å². The fourth-order valence-corrected chi connectivity index (χ4v) is 4.17. The topological polar surface area (TPSA) is 31.2 Å². The molecule has 1 rings (SSSR count). The summed E-state index contributed by atoms with van der Waals surface area (Å²) in [5.74, 6) is 0. The fourth-order valence-electron chi connectivity index (χ4n) is 2.66. The average Bonchev–Trinajstić information content (AvgIpc) is 2.67. The second kappa shape index (κ2) is 7.03. The van der Waals surface area contributed by atoms with E-state index in [2.05, 4.69) is 39.6 Å². The third-order valence-corrected chi connectivity index (χ3v) is 5.45. The monoisotopic (exact) mass is 323 g/mol. The van der Waals surface area contributed by atoms with Gasteiger partial charge in [-0.15, -0.1) is 0 Å². The minimum atomic E-state index is -1.62. The second-order valence-electron chi connectivity index (χ2n) is 8.07. The molecule has 0 fully saturated rings. The summed E-state index contributed by atoms with van der Waals surface area (Å²) in [5.41, 5.74) is 2.02. The van der Waals surface area contributed by atoms with E-state index >= 15 is 0 Å². The summed E-state index contributed by atoms with van der Waals surface area (Å²) in [6.07, 6.45) is 3.88. The largest absolute Gasteiger partial charge is 0.443 e. The van der Waals surface area contributed by atoms with Crippen LogP contribution in [0, 0.1) is 0 Å². The van der Waals surface area contributed by atoms with E-state index in [4.69, 9.17) is 4.74 Å². The summed E-state index contributed by atoms with van der Waals surface area (Å²) >= 11 is 0. The molecule has 1 aromatic heterocycles. The zero-order chi connectivity index (χ0) is 17.1. The van der Waals surface area contributed by atoms with Gasteiger partial charge in [-0.3, -0.25) is 4.57 Å². The lowest BCUT2D eigenvalue weighted by atomic mass is 10.1. The van der Waals surface area contributed by atoms with Crippen LogP contribution in [0.5, 0.6) is 0 Å². The minimum absolute atomic E-state index is 0.212. The van der Waals surface area contributed by atoms with Crippen molar-refractivity contribution in [3.05, 3.63) is 17.3 Å². The van der Waals surface area contributed by atoms with Crippen LogP contribution in [0.4, 0.5) is 4.79 Å². The first-order valence-electron chi connectivity index (χ1n) is 8.48. The normalized spacial score (nSPS) is 12.5. The lowest BCUT2D eigenvalue weighted by molar-refractivity contribution is 0.0537. The Balaban J connectivity index is 3.45. The SMILES string of the molecule is CCCc1cc([Si](C)(C)C)n(C(=O)OC(C)(C)C)c1CCC. The van der Waals surface area contributed by atoms with Crippen LogP contribution in [0.15, 0.2) is 6.07 Å². The van der Waals surface area contributed by atoms with Gasteiger partial charge in [0.25, 0.3) is 0 Å². The highest BCUT2D eigenvalue weighted by molar-refractivity contribution is 6.88. The summed E-state index contributed by atoms with van der Waals surface area (Å²) in [6, 6.07) is 2.27. The molecule has 1 aromatic rings. The van der Waals surface area contributed by atoms with E-state index in [1.807, 2.05) is 25.3 Å². The van der Waals surface area contributed by atoms with Gasteiger partial charge in [-0.2, -0.15) is 0 Å². The molecule has 0 N–H and O–H groups in total. The molecule has 0 unspecified atom stereocenters. The van der Waals surface area contributed by atoms with Crippen molar-refractivity contribution in [2.24, 2.45) is 0 Å². The molecule has 3 nitrogen and oxygen atoms in total. The number of aryl methyl sites for hydroxylation is 1. The van der Waals surface area contributed by atoms with Gasteiger partial charge < -0.3 is 4.74 Å². The number of carbonyl (C=O) groups is 1. The summed E-state index contributed by atoms with van der Waals surface area (Å²) in [5, 5.41) is 1.19. The Hall–Kier alpha value is -1.03. The van der Waals surface area contributed by atoms with Crippen LogP contribution < -0.4 is 5.32 Å². The predicted octanol–water partition coefficient (Wildman–Crippen LogP) is 4.72. The van der Waals surface area contributed by atoms with Gasteiger partial charge in [-0.1, -0.05) is 46.3 Å². The predicted molar refractivity (Wildman–Crippen MR) is 97.0 cm³/mol. The molecule has 126 valence electrons. The van der Waals surface area contributed by atoms with Crippen molar-refractivity contribution in [1.82, 2.24) is 4.57 Å². The van der Waals surface area contributed by atoms with E-state index in [0.29, 0.717) is 0 Å². The number of hydrogen-bond donors (Lipinski definition) is 0. The maximum atomic E-state index is 12.8. The van der Waals surface area contributed by atoms with Crippen LogP contribution >= 0.6 is 0 Å². The molecule has 0 amide bonds. The molecule has 1 heterocycles. The maximum absolute atomic E-state index is 12.8. The summed E-state index contributed by atoms with van der Waals surface area (Å²) in [7, 11) is -1.62. The van der Waals surface area contributed by atoms with Crippen LogP contribution in [0.2, 0.25) is 19.6 Å². The number of rotatable bonds is 5. The van der Waals surface area contributed by atoms with Crippen molar-refractivity contribution >= 4 is 19.5 Å². The maximum Gasteiger partial charge on any atom is 0.418 e. The Morgan fingerprint density at radius 2 is 1.68 bits per heavy atom. The van der Waals surface area contributed by atoms with E-state index in [-0.39, 0.29) is 6.09 Å². The first-order chi connectivity index (χ1) is 10.0. The molecule has 22 heavy (non-hydrogen) atoms. The van der Waals surface area contributed by atoms with E-state index in [9.17, 15) is 4.79 Å². The van der Waals surface area contributed by atoms with Gasteiger partial charge >= 0.3 is 6.09 Å². The Kier molecular flexibility index (Phi) is 6.08. The third-order valence-electron chi connectivity index (χ3n) is 3.54. The van der Waals surface area contributed by atoms with Crippen molar-refractivity contribution in [2.45, 2.75) is 85.5 Å². The quantitative estimate of drug-likeness (QED) is 0.734. The molecule has 0 bridgehead atoms. The van der Waals surface area contributed by atoms with Crippen LogP contribution in [0.3, 0.4) is 0 Å². The number of aromatic nitrogens is 1. The van der Waals surface area contributed by atoms with Crippen LogP contribution in [0.1, 0.15) is 58.7 Å². The van der Waals surface area contributed by atoms with E-state index in [1.165, 1.54) is 10.9 Å². The van der Waals surface area contributed by atoms with Crippen LogP contribution in [-0.4, -0.2) is 24.3 Å². The molecule has 0 aromatic carbocycles. The molecule has 0 aliphatic heterocycles. The third kappa shape index (κ3) is 4.73. The molecule has 0 atom stereocenters. The Morgan fingerprint density at radius 3 is 2.09 bits per heavy atom. The van der Waals surface area contributed by atoms with Crippen molar-refractivity contribution in [2.75, 3.05) is 0 Å². The van der Waals surface area contributed by atoms with Crippen LogP contribution in [0.25, 0.3) is 0 Å². The summed E-state index contributed by atoms with van der Waals surface area (Å²) < 4.78 is 7.58. The average molecular weight is 324 g/mol. The van der Waals surface area contributed by atoms with Gasteiger partial charge in [0, 0.05) is 11.0 Å². The first kappa shape index (κ1) is 19.0. The molecular formula is C18H33NO2Si. The minimum Gasteiger partial charge on any atom is -0.443 e. The van der Waals surface area contributed by atoms with Gasteiger partial charge in [0.2, 0.25) is 0 Å². The van der Waals surface area contributed by atoms with Gasteiger partial charge in [-0.05, 0) is 45.2 Å².